The van der Waals surface area contributed by atoms with Gasteiger partial charge in [0.1, 0.15) is 0 Å². The van der Waals surface area contributed by atoms with Gasteiger partial charge >= 0.3 is 51.4 Å². The third-order valence-electron chi connectivity index (χ3n) is 1.49. The summed E-state index contributed by atoms with van der Waals surface area (Å²) in [4.78, 5) is 4.36. The molecule has 1 heterocycles. The Hall–Kier alpha value is 1.27. The Balaban J connectivity index is 0.000000500. The van der Waals surface area contributed by atoms with Gasteiger partial charge in [-0.1, -0.05) is 0 Å². The van der Waals surface area contributed by atoms with Crippen LogP contribution in [0.2, 0.25) is 0 Å². The van der Waals surface area contributed by atoms with E-state index < -0.39 is 0 Å². The first-order valence-corrected chi connectivity index (χ1v) is 3.99. The van der Waals surface area contributed by atoms with Crippen LogP contribution in [0.15, 0.2) is 5.38 Å². The summed E-state index contributed by atoms with van der Waals surface area (Å²) in [7, 11) is 0. The summed E-state index contributed by atoms with van der Waals surface area (Å²) in [6.45, 7) is 2.05. The number of aromatic nitrogens is 1. The zero-order valence-electron chi connectivity index (χ0n) is 6.29. The molecule has 0 aliphatic heterocycles. The SMILES string of the molecule is Cc1nc([C@@H]2[CH-]C2)cs1.[K+]. The summed E-state index contributed by atoms with van der Waals surface area (Å²) >= 11 is 1.74. The van der Waals surface area contributed by atoms with Gasteiger partial charge in [0.15, 0.2) is 0 Å². The van der Waals surface area contributed by atoms with E-state index in [1.807, 2.05) is 0 Å². The van der Waals surface area contributed by atoms with Crippen molar-refractivity contribution in [1.29, 1.82) is 0 Å². The van der Waals surface area contributed by atoms with E-state index >= 15 is 0 Å². The average molecular weight is 177 g/mol. The molecule has 1 nitrogen and oxygen atoms in total. The number of aryl methyl sites for hydroxylation is 1. The molecule has 0 bridgehead atoms. The van der Waals surface area contributed by atoms with Crippen molar-refractivity contribution in [2.24, 2.45) is 0 Å². The van der Waals surface area contributed by atoms with E-state index in [1.165, 1.54) is 17.1 Å². The number of nitrogens with zero attached hydrogens (tertiary/aromatic N) is 1. The van der Waals surface area contributed by atoms with Gasteiger partial charge in [0.2, 0.25) is 0 Å². The Kier molecular flexibility index (Phi) is 3.54. The number of hydrogen-bond acceptors (Lipinski definition) is 2. The summed E-state index contributed by atoms with van der Waals surface area (Å²) in [5.41, 5.74) is 1.28. The average Bonchev–Trinajstić information content (AvgIpc) is 2.58. The van der Waals surface area contributed by atoms with Crippen molar-refractivity contribution in [1.82, 2.24) is 4.98 Å². The minimum absolute atomic E-state index is 0. The zero-order valence-corrected chi connectivity index (χ0v) is 10.2. The van der Waals surface area contributed by atoms with Gasteiger partial charge in [0, 0.05) is 11.1 Å². The molecule has 0 saturated heterocycles. The Labute approximate surface area is 108 Å². The van der Waals surface area contributed by atoms with Crippen molar-refractivity contribution < 1.29 is 51.4 Å². The molecule has 1 atom stereocenters. The minimum Gasteiger partial charge on any atom is -0.324 e. The first-order chi connectivity index (χ1) is 4.36. The number of thiazole rings is 1. The molecule has 10 heavy (non-hydrogen) atoms. The van der Waals surface area contributed by atoms with E-state index in [0.717, 1.165) is 0 Å². The monoisotopic (exact) mass is 177 g/mol. The van der Waals surface area contributed by atoms with Crippen LogP contribution < -0.4 is 51.4 Å². The van der Waals surface area contributed by atoms with Gasteiger partial charge in [-0.3, -0.25) is 0 Å². The Morgan fingerprint density at radius 1 is 1.80 bits per heavy atom. The molecule has 0 amide bonds. The summed E-state index contributed by atoms with van der Waals surface area (Å²) < 4.78 is 0. The van der Waals surface area contributed by atoms with Gasteiger partial charge in [-0.15, -0.1) is 11.3 Å². The predicted molar refractivity (Wildman–Crippen MR) is 38.5 cm³/mol. The molecule has 2 rings (SSSR count). The standard InChI is InChI=1S/C7H8NS.K/c1-5-8-7(4-9-5)6-2-3-6;/h2,4,6H,3H2,1H3;/q-1;+1/t6-;/m1./s1. The summed E-state index contributed by atoms with van der Waals surface area (Å²) in [6, 6.07) is 0. The van der Waals surface area contributed by atoms with Crippen molar-refractivity contribution in [2.45, 2.75) is 19.3 Å². The molecule has 3 heteroatoms. The maximum absolute atomic E-state index is 4.36. The Bertz CT molecular complexity index is 217. The van der Waals surface area contributed by atoms with Crippen molar-refractivity contribution in [3.63, 3.8) is 0 Å². The molecule has 1 fully saturated rings. The fraction of sp³-hybridized carbons (Fsp3) is 0.429. The summed E-state index contributed by atoms with van der Waals surface area (Å²) in [5.74, 6) is 0.704. The first-order valence-electron chi connectivity index (χ1n) is 3.11. The number of rotatable bonds is 1. The van der Waals surface area contributed by atoms with E-state index in [1.54, 1.807) is 11.3 Å². The number of hydrogen-bond donors (Lipinski definition) is 0. The molecule has 0 unspecified atom stereocenters. The van der Waals surface area contributed by atoms with Gasteiger partial charge in [-0.2, -0.15) is 12.3 Å². The van der Waals surface area contributed by atoms with Gasteiger partial charge in [-0.25, -0.2) is 4.98 Å². The van der Waals surface area contributed by atoms with Crippen LogP contribution in [0, 0.1) is 13.3 Å². The van der Waals surface area contributed by atoms with Gasteiger partial charge < -0.3 is 6.42 Å². The predicted octanol–water partition coefficient (Wildman–Crippen LogP) is -0.853. The normalized spacial score (nSPS) is 21.9. The van der Waals surface area contributed by atoms with Crippen LogP contribution in [0.3, 0.4) is 0 Å². The molecule has 0 aromatic carbocycles. The molecule has 1 aliphatic carbocycles. The van der Waals surface area contributed by atoms with Gasteiger partial charge in [0.25, 0.3) is 0 Å². The summed E-state index contributed by atoms with van der Waals surface area (Å²) in [6.07, 6.45) is 3.53. The van der Waals surface area contributed by atoms with E-state index in [9.17, 15) is 0 Å². The molecule has 1 saturated carbocycles. The van der Waals surface area contributed by atoms with Crippen LogP contribution in [-0.4, -0.2) is 4.98 Å². The van der Waals surface area contributed by atoms with Gasteiger partial charge in [-0.05, 0) is 6.92 Å². The second-order valence-electron chi connectivity index (χ2n) is 2.37. The molecule has 0 spiro atoms. The molecule has 48 valence electrons. The molecule has 1 aromatic rings. The Morgan fingerprint density at radius 3 is 2.90 bits per heavy atom. The molecule has 1 aliphatic rings. The quantitative estimate of drug-likeness (QED) is 0.402. The molecular formula is C7H8KNS. The van der Waals surface area contributed by atoms with E-state index in [2.05, 4.69) is 23.7 Å². The third-order valence-corrected chi connectivity index (χ3v) is 2.28. The van der Waals surface area contributed by atoms with E-state index in [-0.39, 0.29) is 51.4 Å². The maximum atomic E-state index is 4.36. The van der Waals surface area contributed by atoms with Crippen LogP contribution in [-0.2, 0) is 0 Å². The van der Waals surface area contributed by atoms with Crippen LogP contribution in [0.4, 0.5) is 0 Å². The zero-order chi connectivity index (χ0) is 6.27. The minimum atomic E-state index is 0. The maximum Gasteiger partial charge on any atom is 1.00 e. The van der Waals surface area contributed by atoms with Gasteiger partial charge in [0.05, 0.1) is 5.01 Å². The van der Waals surface area contributed by atoms with Crippen molar-refractivity contribution in [3.8, 4) is 0 Å². The topological polar surface area (TPSA) is 12.9 Å². The first kappa shape index (κ1) is 9.36. The molecule has 0 radical (unpaired) electrons. The smallest absolute Gasteiger partial charge is 0.324 e. The third kappa shape index (κ3) is 2.12. The van der Waals surface area contributed by atoms with Crippen LogP contribution in [0.5, 0.6) is 0 Å². The second kappa shape index (κ2) is 3.78. The fourth-order valence-electron chi connectivity index (χ4n) is 0.860. The van der Waals surface area contributed by atoms with E-state index in [0.29, 0.717) is 5.92 Å². The molecule has 0 N–H and O–H groups in total. The van der Waals surface area contributed by atoms with E-state index in [4.69, 9.17) is 0 Å². The fourth-order valence-corrected chi connectivity index (χ4v) is 1.54. The molecular weight excluding hydrogens is 169 g/mol. The second-order valence-corrected chi connectivity index (χ2v) is 3.43. The van der Waals surface area contributed by atoms with Crippen LogP contribution in [0.1, 0.15) is 23.0 Å². The van der Waals surface area contributed by atoms with Crippen molar-refractivity contribution in [2.75, 3.05) is 0 Å². The van der Waals surface area contributed by atoms with Crippen LogP contribution in [0.25, 0.3) is 0 Å². The summed E-state index contributed by atoms with van der Waals surface area (Å²) in [5, 5.41) is 3.34. The Morgan fingerprint density at radius 2 is 2.50 bits per heavy atom. The largest absolute Gasteiger partial charge is 1.00 e. The van der Waals surface area contributed by atoms with Crippen molar-refractivity contribution >= 4 is 11.3 Å². The van der Waals surface area contributed by atoms with Crippen LogP contribution >= 0.6 is 11.3 Å². The molecule has 1 aromatic heterocycles. The van der Waals surface area contributed by atoms with Crippen molar-refractivity contribution in [3.05, 3.63) is 22.5 Å².